The van der Waals surface area contributed by atoms with Crippen molar-refractivity contribution in [2.75, 3.05) is 7.11 Å². The van der Waals surface area contributed by atoms with E-state index in [4.69, 9.17) is 10.6 Å². The number of ether oxygens (including phenoxy) is 1. The van der Waals surface area contributed by atoms with Crippen molar-refractivity contribution in [1.82, 2.24) is 25.4 Å². The third-order valence-electron chi connectivity index (χ3n) is 3.15. The summed E-state index contributed by atoms with van der Waals surface area (Å²) in [5.74, 6) is 6.13. The average Bonchev–Trinajstić information content (AvgIpc) is 2.56. The molecule has 106 valence electrons. The number of hydrogen-bond donors (Lipinski definition) is 2. The van der Waals surface area contributed by atoms with Gasteiger partial charge in [0.05, 0.1) is 24.2 Å². The minimum absolute atomic E-state index is 0.347. The van der Waals surface area contributed by atoms with Crippen LogP contribution in [0.1, 0.15) is 17.3 Å². The number of aromatic nitrogens is 4. The number of fused-ring (bicyclic) bond motifs is 1. The van der Waals surface area contributed by atoms with Crippen LogP contribution in [0.2, 0.25) is 0 Å². The lowest BCUT2D eigenvalue weighted by atomic mass is 10.0. The number of nitrogens with zero attached hydrogens (tertiary/aromatic N) is 4. The summed E-state index contributed by atoms with van der Waals surface area (Å²) in [6, 6.07) is 5.39. The smallest absolute Gasteiger partial charge is 0.237 e. The van der Waals surface area contributed by atoms with Crippen LogP contribution in [0.3, 0.4) is 0 Å². The van der Waals surface area contributed by atoms with Crippen LogP contribution in [0, 0.1) is 0 Å². The predicted molar refractivity (Wildman–Crippen MR) is 77.3 cm³/mol. The van der Waals surface area contributed by atoms with E-state index in [2.05, 4.69) is 25.4 Å². The van der Waals surface area contributed by atoms with E-state index >= 15 is 0 Å². The second-order valence-electron chi connectivity index (χ2n) is 4.36. The third-order valence-corrected chi connectivity index (χ3v) is 3.15. The van der Waals surface area contributed by atoms with Crippen molar-refractivity contribution in [1.29, 1.82) is 0 Å². The summed E-state index contributed by atoms with van der Waals surface area (Å²) in [6.45, 7) is 0. The zero-order valence-corrected chi connectivity index (χ0v) is 11.4. The molecule has 0 bridgehead atoms. The lowest BCUT2D eigenvalue weighted by Gasteiger charge is -2.17. The Bertz CT molecular complexity index is 763. The van der Waals surface area contributed by atoms with Crippen molar-refractivity contribution in [3.8, 4) is 5.88 Å². The fourth-order valence-corrected chi connectivity index (χ4v) is 2.18. The van der Waals surface area contributed by atoms with Gasteiger partial charge in [-0.2, -0.15) is 0 Å². The zero-order chi connectivity index (χ0) is 14.7. The first-order chi connectivity index (χ1) is 10.3. The van der Waals surface area contributed by atoms with Gasteiger partial charge in [-0.25, -0.2) is 10.4 Å². The Morgan fingerprint density at radius 2 is 1.71 bits per heavy atom. The van der Waals surface area contributed by atoms with Crippen molar-refractivity contribution in [2.24, 2.45) is 5.84 Å². The first-order valence-electron chi connectivity index (χ1n) is 6.35. The molecule has 0 radical (unpaired) electrons. The van der Waals surface area contributed by atoms with E-state index in [-0.39, 0.29) is 6.04 Å². The van der Waals surface area contributed by atoms with Crippen LogP contribution >= 0.6 is 0 Å². The zero-order valence-electron chi connectivity index (χ0n) is 11.4. The van der Waals surface area contributed by atoms with Crippen LogP contribution in [0.5, 0.6) is 5.88 Å². The first-order valence-corrected chi connectivity index (χ1v) is 6.35. The summed E-state index contributed by atoms with van der Waals surface area (Å²) in [5, 5.41) is 0. The standard InChI is InChI=1S/C14H14N6O/c1-21-14-13(18-6-7-19-14)12(20-15)9-2-3-10-11(8-9)17-5-4-16-10/h2-8,12,20H,15H2,1H3. The van der Waals surface area contributed by atoms with E-state index in [0.717, 1.165) is 16.6 Å². The van der Waals surface area contributed by atoms with Crippen molar-refractivity contribution >= 4 is 11.0 Å². The molecule has 21 heavy (non-hydrogen) atoms. The molecule has 0 aliphatic heterocycles. The van der Waals surface area contributed by atoms with E-state index in [9.17, 15) is 0 Å². The summed E-state index contributed by atoms with van der Waals surface area (Å²) in [7, 11) is 1.55. The highest BCUT2D eigenvalue weighted by Gasteiger charge is 2.19. The first kappa shape index (κ1) is 13.3. The van der Waals surface area contributed by atoms with Crippen LogP contribution in [-0.4, -0.2) is 27.0 Å². The number of nitrogens with two attached hydrogens (primary N) is 1. The topological polar surface area (TPSA) is 98.8 Å². The maximum Gasteiger partial charge on any atom is 0.237 e. The summed E-state index contributed by atoms with van der Waals surface area (Å²) in [6.07, 6.45) is 6.48. The highest BCUT2D eigenvalue weighted by Crippen LogP contribution is 2.26. The Balaban J connectivity index is 2.09. The monoisotopic (exact) mass is 282 g/mol. The lowest BCUT2D eigenvalue weighted by molar-refractivity contribution is 0.383. The normalized spacial score (nSPS) is 12.3. The van der Waals surface area contributed by atoms with E-state index in [1.807, 2.05) is 18.2 Å². The van der Waals surface area contributed by atoms with Gasteiger partial charge in [0.15, 0.2) is 0 Å². The van der Waals surface area contributed by atoms with Crippen molar-refractivity contribution < 1.29 is 4.74 Å². The molecule has 1 unspecified atom stereocenters. The van der Waals surface area contributed by atoms with Gasteiger partial charge in [0.25, 0.3) is 0 Å². The van der Waals surface area contributed by atoms with Gasteiger partial charge < -0.3 is 4.74 Å². The van der Waals surface area contributed by atoms with Crippen LogP contribution < -0.4 is 16.0 Å². The minimum Gasteiger partial charge on any atom is -0.480 e. The Morgan fingerprint density at radius 1 is 1.00 bits per heavy atom. The van der Waals surface area contributed by atoms with E-state index < -0.39 is 0 Å². The van der Waals surface area contributed by atoms with Gasteiger partial charge in [-0.1, -0.05) is 6.07 Å². The minimum atomic E-state index is -0.347. The fourth-order valence-electron chi connectivity index (χ4n) is 2.18. The van der Waals surface area contributed by atoms with Crippen LogP contribution in [0.25, 0.3) is 11.0 Å². The molecule has 3 aromatic rings. The summed E-state index contributed by atoms with van der Waals surface area (Å²) >= 11 is 0. The molecular formula is C14H14N6O. The maximum atomic E-state index is 5.70. The molecule has 2 heterocycles. The highest BCUT2D eigenvalue weighted by molar-refractivity contribution is 5.74. The second-order valence-corrected chi connectivity index (χ2v) is 4.36. The Kier molecular flexibility index (Phi) is 3.67. The Morgan fingerprint density at radius 3 is 2.48 bits per heavy atom. The molecule has 0 aliphatic rings. The maximum absolute atomic E-state index is 5.70. The van der Waals surface area contributed by atoms with Gasteiger partial charge >= 0.3 is 0 Å². The molecule has 1 atom stereocenters. The second kappa shape index (κ2) is 5.78. The summed E-state index contributed by atoms with van der Waals surface area (Å²) < 4.78 is 5.24. The quantitative estimate of drug-likeness (QED) is 0.543. The van der Waals surface area contributed by atoms with E-state index in [1.165, 1.54) is 0 Å². The van der Waals surface area contributed by atoms with Crippen LogP contribution in [0.15, 0.2) is 43.0 Å². The molecule has 0 spiro atoms. The Labute approximate surface area is 121 Å². The van der Waals surface area contributed by atoms with Crippen molar-refractivity contribution in [3.05, 3.63) is 54.2 Å². The van der Waals surface area contributed by atoms with Crippen molar-refractivity contribution in [2.45, 2.75) is 6.04 Å². The number of rotatable bonds is 4. The van der Waals surface area contributed by atoms with Crippen molar-refractivity contribution in [3.63, 3.8) is 0 Å². The van der Waals surface area contributed by atoms with E-state index in [1.54, 1.807) is 31.9 Å². The highest BCUT2D eigenvalue weighted by atomic mass is 16.5. The van der Waals surface area contributed by atoms with Gasteiger partial charge in [0, 0.05) is 24.8 Å². The molecule has 3 N–H and O–H groups in total. The van der Waals surface area contributed by atoms with Crippen LogP contribution in [-0.2, 0) is 0 Å². The lowest BCUT2D eigenvalue weighted by Crippen LogP contribution is -2.30. The van der Waals surface area contributed by atoms with Gasteiger partial charge in [-0.3, -0.25) is 20.8 Å². The summed E-state index contributed by atoms with van der Waals surface area (Å²) in [4.78, 5) is 17.0. The molecule has 7 heteroatoms. The molecule has 0 amide bonds. The largest absolute Gasteiger partial charge is 0.480 e. The number of methoxy groups -OCH3 is 1. The number of hydrazine groups is 1. The van der Waals surface area contributed by atoms with Gasteiger partial charge in [-0.15, -0.1) is 0 Å². The van der Waals surface area contributed by atoms with Gasteiger partial charge in [0.1, 0.15) is 5.69 Å². The fraction of sp³-hybridized carbons (Fsp3) is 0.143. The molecule has 0 aliphatic carbocycles. The molecule has 0 saturated heterocycles. The third kappa shape index (κ3) is 2.51. The molecule has 7 nitrogen and oxygen atoms in total. The predicted octanol–water partition coefficient (Wildman–Crippen LogP) is 0.981. The summed E-state index contributed by atoms with van der Waals surface area (Å²) in [5.41, 5.74) is 5.88. The van der Waals surface area contributed by atoms with Gasteiger partial charge in [-0.05, 0) is 17.7 Å². The Hall–Kier alpha value is -2.64. The van der Waals surface area contributed by atoms with E-state index in [0.29, 0.717) is 11.6 Å². The molecule has 1 aromatic carbocycles. The number of hydrogen-bond acceptors (Lipinski definition) is 7. The van der Waals surface area contributed by atoms with Crippen LogP contribution in [0.4, 0.5) is 0 Å². The molecule has 3 rings (SSSR count). The SMILES string of the molecule is COc1nccnc1C(NN)c1ccc2nccnc2c1. The van der Waals surface area contributed by atoms with Gasteiger partial charge in [0.2, 0.25) is 5.88 Å². The molecular weight excluding hydrogens is 268 g/mol. The molecule has 0 fully saturated rings. The molecule has 0 saturated carbocycles. The average molecular weight is 282 g/mol. The number of nitrogens with one attached hydrogen (secondary N) is 1. The number of benzene rings is 1. The molecule has 2 aromatic heterocycles.